The first kappa shape index (κ1) is 14.6. The lowest BCUT2D eigenvalue weighted by Gasteiger charge is -2.14. The number of carbonyl (C=O) groups excluding carboxylic acids is 1. The van der Waals surface area contributed by atoms with Gasteiger partial charge in [-0.25, -0.2) is 9.59 Å². The van der Waals surface area contributed by atoms with Crippen LogP contribution < -0.4 is 10.6 Å². The third-order valence-corrected chi connectivity index (χ3v) is 2.40. The number of rotatable bonds is 5. The van der Waals surface area contributed by atoms with Gasteiger partial charge in [-0.3, -0.25) is 0 Å². The summed E-state index contributed by atoms with van der Waals surface area (Å²) in [6.07, 6.45) is 0.239. The zero-order valence-corrected chi connectivity index (χ0v) is 10.6. The van der Waals surface area contributed by atoms with Gasteiger partial charge in [0.05, 0.1) is 6.54 Å². The summed E-state index contributed by atoms with van der Waals surface area (Å²) in [6, 6.07) is 7.64. The molecule has 100 valence electrons. The van der Waals surface area contributed by atoms with Crippen LogP contribution in [0.25, 0.3) is 0 Å². The van der Waals surface area contributed by atoms with Gasteiger partial charge in [-0.15, -0.1) is 5.92 Å². The highest BCUT2D eigenvalue weighted by Gasteiger charge is 2.19. The minimum atomic E-state index is -1.07. The maximum atomic E-state index is 11.5. The summed E-state index contributed by atoms with van der Waals surface area (Å²) >= 11 is 0. The number of urea groups is 1. The normalized spacial score (nSPS) is 10.8. The number of carboxylic acid groups (broad SMARTS) is 1. The fraction of sp³-hybridized carbons (Fsp3) is 0.286. The molecule has 0 saturated heterocycles. The van der Waals surface area contributed by atoms with Crippen molar-refractivity contribution in [2.75, 3.05) is 6.54 Å². The molecule has 1 atom stereocenters. The number of hydrogen-bond donors (Lipinski definition) is 3. The maximum Gasteiger partial charge on any atom is 0.326 e. The van der Waals surface area contributed by atoms with Crippen LogP contribution in [0.15, 0.2) is 30.3 Å². The van der Waals surface area contributed by atoms with Crippen molar-refractivity contribution in [3.05, 3.63) is 35.9 Å². The lowest BCUT2D eigenvalue weighted by molar-refractivity contribution is -0.139. The number of benzene rings is 1. The molecule has 0 aromatic heterocycles. The lowest BCUT2D eigenvalue weighted by atomic mass is 10.1. The van der Waals surface area contributed by atoms with Crippen LogP contribution in [0, 0.1) is 11.8 Å². The van der Waals surface area contributed by atoms with Crippen molar-refractivity contribution in [3.8, 4) is 11.8 Å². The molecule has 0 bridgehead atoms. The van der Waals surface area contributed by atoms with Gasteiger partial charge in [0.15, 0.2) is 0 Å². The van der Waals surface area contributed by atoms with Gasteiger partial charge in [0.2, 0.25) is 0 Å². The van der Waals surface area contributed by atoms with E-state index in [0.717, 1.165) is 5.56 Å². The first-order valence-corrected chi connectivity index (χ1v) is 5.84. The van der Waals surface area contributed by atoms with Gasteiger partial charge in [0, 0.05) is 6.42 Å². The summed E-state index contributed by atoms with van der Waals surface area (Å²) in [5, 5.41) is 14.0. The molecule has 0 aliphatic rings. The average molecular weight is 260 g/mol. The zero-order valence-electron chi connectivity index (χ0n) is 10.6. The Labute approximate surface area is 112 Å². The van der Waals surface area contributed by atoms with Crippen molar-refractivity contribution in [2.24, 2.45) is 0 Å². The minimum Gasteiger partial charge on any atom is -0.480 e. The van der Waals surface area contributed by atoms with Gasteiger partial charge in [0.25, 0.3) is 0 Å². The molecule has 19 heavy (non-hydrogen) atoms. The van der Waals surface area contributed by atoms with Gasteiger partial charge in [-0.2, -0.15) is 0 Å². The molecule has 1 rings (SSSR count). The fourth-order valence-electron chi connectivity index (χ4n) is 1.47. The molecule has 1 aromatic rings. The second kappa shape index (κ2) is 7.77. The van der Waals surface area contributed by atoms with Crippen molar-refractivity contribution in [3.63, 3.8) is 0 Å². The molecular formula is C14H16N2O3. The first-order valence-electron chi connectivity index (χ1n) is 5.84. The summed E-state index contributed by atoms with van der Waals surface area (Å²) in [5.74, 6) is 4.22. The molecule has 0 spiro atoms. The van der Waals surface area contributed by atoms with E-state index in [1.165, 1.54) is 0 Å². The third-order valence-electron chi connectivity index (χ3n) is 2.40. The molecule has 2 amide bonds. The van der Waals surface area contributed by atoms with Gasteiger partial charge < -0.3 is 15.7 Å². The second-order valence-corrected chi connectivity index (χ2v) is 3.83. The summed E-state index contributed by atoms with van der Waals surface area (Å²) in [7, 11) is 0. The fourth-order valence-corrected chi connectivity index (χ4v) is 1.47. The summed E-state index contributed by atoms with van der Waals surface area (Å²) in [6.45, 7) is 1.86. The molecule has 1 aromatic carbocycles. The topological polar surface area (TPSA) is 78.4 Å². The lowest BCUT2D eigenvalue weighted by Crippen LogP contribution is -2.47. The van der Waals surface area contributed by atoms with E-state index in [0.29, 0.717) is 0 Å². The van der Waals surface area contributed by atoms with Crippen LogP contribution in [0.3, 0.4) is 0 Å². The Morgan fingerprint density at radius 1 is 1.32 bits per heavy atom. The number of carboxylic acids is 1. The van der Waals surface area contributed by atoms with Gasteiger partial charge >= 0.3 is 12.0 Å². The van der Waals surface area contributed by atoms with E-state index in [9.17, 15) is 9.59 Å². The Morgan fingerprint density at radius 2 is 2.00 bits per heavy atom. The minimum absolute atomic E-state index is 0.194. The Hall–Kier alpha value is -2.48. The van der Waals surface area contributed by atoms with E-state index in [2.05, 4.69) is 22.5 Å². The summed E-state index contributed by atoms with van der Waals surface area (Å²) in [5.41, 5.74) is 0.851. The van der Waals surface area contributed by atoms with Crippen molar-refractivity contribution < 1.29 is 14.7 Å². The molecule has 5 heteroatoms. The predicted molar refractivity (Wildman–Crippen MR) is 71.6 cm³/mol. The molecule has 0 heterocycles. The van der Waals surface area contributed by atoms with E-state index in [4.69, 9.17) is 5.11 Å². The SMILES string of the molecule is CC#CCNC(=O)NC(Cc1ccccc1)C(=O)O. The predicted octanol–water partition coefficient (Wildman–Crippen LogP) is 1.00. The number of hydrogen-bond acceptors (Lipinski definition) is 2. The van der Waals surface area contributed by atoms with Crippen LogP contribution >= 0.6 is 0 Å². The molecule has 0 radical (unpaired) electrons. The van der Waals surface area contributed by atoms with Crippen LogP contribution in [0.1, 0.15) is 12.5 Å². The largest absolute Gasteiger partial charge is 0.480 e. The molecule has 0 saturated carbocycles. The zero-order chi connectivity index (χ0) is 14.1. The molecule has 0 aliphatic heterocycles. The Morgan fingerprint density at radius 3 is 2.58 bits per heavy atom. The molecule has 0 aliphatic carbocycles. The van der Waals surface area contributed by atoms with E-state index in [-0.39, 0.29) is 13.0 Å². The Kier molecular flexibility index (Phi) is 5.96. The number of aliphatic carboxylic acids is 1. The summed E-state index contributed by atoms with van der Waals surface area (Å²) < 4.78 is 0. The Balaban J connectivity index is 2.55. The van der Waals surface area contributed by atoms with Crippen molar-refractivity contribution in [1.82, 2.24) is 10.6 Å². The number of amides is 2. The maximum absolute atomic E-state index is 11.5. The second-order valence-electron chi connectivity index (χ2n) is 3.83. The van der Waals surface area contributed by atoms with Crippen molar-refractivity contribution in [1.29, 1.82) is 0 Å². The highest BCUT2D eigenvalue weighted by Crippen LogP contribution is 2.03. The molecule has 5 nitrogen and oxygen atoms in total. The van der Waals surface area contributed by atoms with E-state index >= 15 is 0 Å². The van der Waals surface area contributed by atoms with E-state index in [1.54, 1.807) is 6.92 Å². The average Bonchev–Trinajstić information content (AvgIpc) is 2.39. The summed E-state index contributed by atoms with van der Waals surface area (Å²) in [4.78, 5) is 22.6. The smallest absolute Gasteiger partial charge is 0.326 e. The number of nitrogens with one attached hydrogen (secondary N) is 2. The van der Waals surface area contributed by atoms with Crippen molar-refractivity contribution in [2.45, 2.75) is 19.4 Å². The van der Waals surface area contributed by atoms with Crippen LogP contribution in [0.5, 0.6) is 0 Å². The monoisotopic (exact) mass is 260 g/mol. The van der Waals surface area contributed by atoms with Crippen LogP contribution in [0.4, 0.5) is 4.79 Å². The molecule has 0 fully saturated rings. The van der Waals surface area contributed by atoms with Gasteiger partial charge in [0.1, 0.15) is 6.04 Å². The standard InChI is InChI=1S/C14H16N2O3/c1-2-3-9-15-14(19)16-12(13(17)18)10-11-7-5-4-6-8-11/h4-8,12H,9-10H2,1H3,(H,17,18)(H2,15,16,19). The Bertz CT molecular complexity index is 488. The highest BCUT2D eigenvalue weighted by molar-refractivity contribution is 5.82. The molecule has 1 unspecified atom stereocenters. The first-order chi connectivity index (χ1) is 9.13. The van der Waals surface area contributed by atoms with E-state index in [1.807, 2.05) is 30.3 Å². The third kappa shape index (κ3) is 5.59. The van der Waals surface area contributed by atoms with Crippen LogP contribution in [-0.4, -0.2) is 29.7 Å². The van der Waals surface area contributed by atoms with E-state index < -0.39 is 18.0 Å². The quantitative estimate of drug-likeness (QED) is 0.691. The van der Waals surface area contributed by atoms with Gasteiger partial charge in [-0.1, -0.05) is 36.3 Å². The van der Waals surface area contributed by atoms with Crippen LogP contribution in [-0.2, 0) is 11.2 Å². The molecular weight excluding hydrogens is 244 g/mol. The van der Waals surface area contributed by atoms with Gasteiger partial charge in [-0.05, 0) is 12.5 Å². The highest BCUT2D eigenvalue weighted by atomic mass is 16.4. The van der Waals surface area contributed by atoms with Crippen molar-refractivity contribution >= 4 is 12.0 Å². The molecule has 3 N–H and O–H groups in total. The van der Waals surface area contributed by atoms with Crippen LogP contribution in [0.2, 0.25) is 0 Å². The number of carbonyl (C=O) groups is 2.